The standard InChI is InChI=1S/C22H22O8/c1-24-15-4-11(5-17-20(15)29-9-27-17)13-8-14(22(23)26-3)19(13)12-6-16(25-2)21-18(7-12)28-10-30-21/h4-7,13-14,19H,8-10H2,1-3H3/t13-,14-,19+/m0/s1. The topological polar surface area (TPSA) is 81.7 Å². The first kappa shape index (κ1) is 18.7. The Morgan fingerprint density at radius 3 is 1.97 bits per heavy atom. The van der Waals surface area contributed by atoms with E-state index in [9.17, 15) is 4.79 Å². The molecule has 1 aliphatic carbocycles. The SMILES string of the molecule is COC(=O)[C@H]1C[C@@H](c2cc(OC)c3c(c2)OCO3)[C@H]1c1cc(OC)c2c(c1)OCO2. The molecule has 8 heteroatoms. The van der Waals surface area contributed by atoms with Crippen molar-refractivity contribution in [3.8, 4) is 34.5 Å². The summed E-state index contributed by atoms with van der Waals surface area (Å²) in [6.45, 7) is 0.302. The Morgan fingerprint density at radius 2 is 1.40 bits per heavy atom. The van der Waals surface area contributed by atoms with Crippen molar-refractivity contribution in [1.29, 1.82) is 0 Å². The molecule has 30 heavy (non-hydrogen) atoms. The van der Waals surface area contributed by atoms with Crippen molar-refractivity contribution < 1.29 is 38.0 Å². The molecule has 158 valence electrons. The Kier molecular flexibility index (Phi) is 4.49. The van der Waals surface area contributed by atoms with Gasteiger partial charge in [0.1, 0.15) is 0 Å². The van der Waals surface area contributed by atoms with Crippen molar-refractivity contribution in [1.82, 2.24) is 0 Å². The molecule has 0 radical (unpaired) electrons. The maximum Gasteiger partial charge on any atom is 0.309 e. The van der Waals surface area contributed by atoms with Gasteiger partial charge in [-0.25, -0.2) is 0 Å². The van der Waals surface area contributed by atoms with Gasteiger partial charge in [-0.2, -0.15) is 0 Å². The van der Waals surface area contributed by atoms with Crippen LogP contribution < -0.4 is 28.4 Å². The van der Waals surface area contributed by atoms with Gasteiger partial charge in [-0.05, 0) is 47.7 Å². The van der Waals surface area contributed by atoms with Crippen LogP contribution in [0.15, 0.2) is 24.3 Å². The van der Waals surface area contributed by atoms with Gasteiger partial charge in [0.05, 0.1) is 27.2 Å². The van der Waals surface area contributed by atoms with Crippen LogP contribution in [0.1, 0.15) is 29.4 Å². The van der Waals surface area contributed by atoms with E-state index >= 15 is 0 Å². The van der Waals surface area contributed by atoms with Crippen LogP contribution >= 0.6 is 0 Å². The molecule has 1 fully saturated rings. The van der Waals surface area contributed by atoms with Gasteiger partial charge in [0.2, 0.25) is 25.1 Å². The Hall–Kier alpha value is -3.29. The highest BCUT2D eigenvalue weighted by atomic mass is 16.7. The van der Waals surface area contributed by atoms with Crippen molar-refractivity contribution in [2.75, 3.05) is 34.9 Å². The van der Waals surface area contributed by atoms with E-state index in [1.54, 1.807) is 14.2 Å². The number of methoxy groups -OCH3 is 3. The lowest BCUT2D eigenvalue weighted by Crippen LogP contribution is -2.39. The van der Waals surface area contributed by atoms with Crippen LogP contribution in [0.3, 0.4) is 0 Å². The van der Waals surface area contributed by atoms with Gasteiger partial charge >= 0.3 is 5.97 Å². The molecule has 0 unspecified atom stereocenters. The van der Waals surface area contributed by atoms with Gasteiger partial charge in [-0.3, -0.25) is 4.79 Å². The van der Waals surface area contributed by atoms with Gasteiger partial charge in [-0.15, -0.1) is 0 Å². The number of carbonyl (C=O) groups excluding carboxylic acids is 1. The summed E-state index contributed by atoms with van der Waals surface area (Å²) in [7, 11) is 4.59. The first-order valence-electron chi connectivity index (χ1n) is 9.67. The number of hydrogen-bond acceptors (Lipinski definition) is 8. The minimum Gasteiger partial charge on any atom is -0.493 e. The molecule has 3 atom stereocenters. The van der Waals surface area contributed by atoms with E-state index in [2.05, 4.69) is 0 Å². The van der Waals surface area contributed by atoms with Crippen molar-refractivity contribution in [3.05, 3.63) is 35.4 Å². The zero-order valence-electron chi connectivity index (χ0n) is 16.9. The number of rotatable bonds is 5. The summed E-state index contributed by atoms with van der Waals surface area (Å²) in [5.41, 5.74) is 1.94. The number of carbonyl (C=O) groups is 1. The molecule has 2 aromatic rings. The second-order valence-electron chi connectivity index (χ2n) is 7.41. The molecule has 5 rings (SSSR count). The van der Waals surface area contributed by atoms with Crippen molar-refractivity contribution in [3.63, 3.8) is 0 Å². The lowest BCUT2D eigenvalue weighted by molar-refractivity contribution is -0.150. The average Bonchev–Trinajstić information content (AvgIpc) is 3.40. The summed E-state index contributed by atoms with van der Waals surface area (Å²) < 4.78 is 38.2. The van der Waals surface area contributed by atoms with Crippen LogP contribution in [0.4, 0.5) is 0 Å². The third-order valence-corrected chi connectivity index (χ3v) is 6.05. The second-order valence-corrected chi connectivity index (χ2v) is 7.41. The van der Waals surface area contributed by atoms with Crippen LogP contribution in [0.2, 0.25) is 0 Å². The molecule has 2 heterocycles. The quantitative estimate of drug-likeness (QED) is 0.690. The first-order valence-corrected chi connectivity index (χ1v) is 9.67. The van der Waals surface area contributed by atoms with E-state index in [1.165, 1.54) is 7.11 Å². The number of esters is 1. The maximum absolute atomic E-state index is 12.5. The predicted octanol–water partition coefficient (Wildman–Crippen LogP) is 3.22. The minimum absolute atomic E-state index is 0.0579. The second kappa shape index (κ2) is 7.19. The molecule has 0 amide bonds. The summed E-state index contributed by atoms with van der Waals surface area (Å²) in [4.78, 5) is 12.5. The highest BCUT2D eigenvalue weighted by Crippen LogP contribution is 2.58. The fourth-order valence-corrected chi connectivity index (χ4v) is 4.56. The monoisotopic (exact) mass is 414 g/mol. The smallest absolute Gasteiger partial charge is 0.309 e. The van der Waals surface area contributed by atoms with E-state index in [1.807, 2.05) is 24.3 Å². The third kappa shape index (κ3) is 2.78. The van der Waals surface area contributed by atoms with E-state index < -0.39 is 0 Å². The molecule has 1 saturated carbocycles. The largest absolute Gasteiger partial charge is 0.493 e. The summed E-state index contributed by atoms with van der Waals surface area (Å²) in [5.74, 6) is 3.06. The van der Waals surface area contributed by atoms with E-state index in [-0.39, 0.29) is 37.3 Å². The van der Waals surface area contributed by atoms with Crippen LogP contribution in [0.5, 0.6) is 34.5 Å². The predicted molar refractivity (Wildman–Crippen MR) is 104 cm³/mol. The van der Waals surface area contributed by atoms with Crippen molar-refractivity contribution in [2.24, 2.45) is 5.92 Å². The molecule has 0 saturated heterocycles. The highest BCUT2D eigenvalue weighted by Gasteiger charge is 2.48. The molecule has 8 nitrogen and oxygen atoms in total. The first-order chi connectivity index (χ1) is 14.6. The fraction of sp³-hybridized carbons (Fsp3) is 0.409. The summed E-state index contributed by atoms with van der Waals surface area (Å²) in [6, 6.07) is 7.73. The zero-order chi connectivity index (χ0) is 20.8. The van der Waals surface area contributed by atoms with Gasteiger partial charge in [0, 0.05) is 5.92 Å². The van der Waals surface area contributed by atoms with Crippen molar-refractivity contribution >= 4 is 5.97 Å². The molecule has 0 aromatic heterocycles. The molecule has 2 aliphatic heterocycles. The molecule has 3 aliphatic rings. The van der Waals surface area contributed by atoms with Gasteiger partial charge < -0.3 is 33.2 Å². The molecular formula is C22H22O8. The van der Waals surface area contributed by atoms with Crippen LogP contribution in [0.25, 0.3) is 0 Å². The summed E-state index contributed by atoms with van der Waals surface area (Å²) in [6.07, 6.45) is 0.650. The maximum atomic E-state index is 12.5. The summed E-state index contributed by atoms with van der Waals surface area (Å²) >= 11 is 0. The normalized spacial score (nSPS) is 23.0. The Morgan fingerprint density at radius 1 is 0.833 bits per heavy atom. The molecule has 0 spiro atoms. The highest BCUT2D eigenvalue weighted by molar-refractivity contribution is 5.76. The van der Waals surface area contributed by atoms with Crippen molar-refractivity contribution in [2.45, 2.75) is 18.3 Å². The number of hydrogen-bond donors (Lipinski definition) is 0. The Balaban J connectivity index is 1.57. The lowest BCUT2D eigenvalue weighted by atomic mass is 9.59. The lowest BCUT2D eigenvalue weighted by Gasteiger charge is -2.44. The third-order valence-electron chi connectivity index (χ3n) is 6.05. The summed E-state index contributed by atoms with van der Waals surface area (Å²) in [5, 5.41) is 0. The molecule has 2 aromatic carbocycles. The number of fused-ring (bicyclic) bond motifs is 2. The minimum atomic E-state index is -0.276. The zero-order valence-corrected chi connectivity index (χ0v) is 16.9. The fourth-order valence-electron chi connectivity index (χ4n) is 4.56. The Labute approximate surface area is 173 Å². The average molecular weight is 414 g/mol. The van der Waals surface area contributed by atoms with Gasteiger partial charge in [-0.1, -0.05) is 0 Å². The molecule has 0 bridgehead atoms. The van der Waals surface area contributed by atoms with Gasteiger partial charge in [0.25, 0.3) is 0 Å². The van der Waals surface area contributed by atoms with E-state index in [4.69, 9.17) is 33.2 Å². The van der Waals surface area contributed by atoms with Crippen LogP contribution in [-0.4, -0.2) is 40.9 Å². The number of ether oxygens (including phenoxy) is 7. The van der Waals surface area contributed by atoms with Crippen LogP contribution in [-0.2, 0) is 9.53 Å². The van der Waals surface area contributed by atoms with Gasteiger partial charge in [0.15, 0.2) is 23.0 Å². The Bertz CT molecular complexity index is 1000. The molecular weight excluding hydrogens is 392 g/mol. The molecule has 0 N–H and O–H groups in total. The van der Waals surface area contributed by atoms with E-state index in [0.717, 1.165) is 11.1 Å². The van der Waals surface area contributed by atoms with E-state index in [0.29, 0.717) is 40.9 Å². The number of benzene rings is 2. The van der Waals surface area contributed by atoms with Crippen LogP contribution in [0, 0.1) is 5.92 Å².